The standard InChI is InChI=1S/C14H19NO/c1-2-4-13-11-14(6-5-12(13)3-1)15-7-9-16-10-8-15/h5-6,11H,1-4,7-10H2. The first-order valence-electron chi connectivity index (χ1n) is 6.38. The molecule has 3 rings (SSSR count). The zero-order valence-corrected chi connectivity index (χ0v) is 9.74. The molecule has 0 radical (unpaired) electrons. The van der Waals surface area contributed by atoms with E-state index in [2.05, 4.69) is 23.1 Å². The van der Waals surface area contributed by atoms with E-state index < -0.39 is 0 Å². The van der Waals surface area contributed by atoms with Crippen LogP contribution in [0.25, 0.3) is 0 Å². The Bertz CT molecular complexity index is 369. The first-order chi connectivity index (χ1) is 7.93. The molecule has 16 heavy (non-hydrogen) atoms. The number of anilines is 1. The minimum absolute atomic E-state index is 0.872. The van der Waals surface area contributed by atoms with Crippen LogP contribution in [0.1, 0.15) is 24.0 Å². The van der Waals surface area contributed by atoms with Gasteiger partial charge in [0, 0.05) is 18.8 Å². The lowest BCUT2D eigenvalue weighted by Gasteiger charge is -2.30. The molecule has 0 spiro atoms. The highest BCUT2D eigenvalue weighted by Gasteiger charge is 2.14. The fourth-order valence-electron chi connectivity index (χ4n) is 2.74. The Balaban J connectivity index is 1.84. The van der Waals surface area contributed by atoms with Crippen molar-refractivity contribution in [2.24, 2.45) is 0 Å². The van der Waals surface area contributed by atoms with Gasteiger partial charge in [-0.3, -0.25) is 0 Å². The summed E-state index contributed by atoms with van der Waals surface area (Å²) in [4.78, 5) is 2.44. The number of fused-ring (bicyclic) bond motifs is 1. The molecule has 0 bridgehead atoms. The van der Waals surface area contributed by atoms with Crippen molar-refractivity contribution >= 4 is 5.69 Å². The molecule has 1 aromatic rings. The summed E-state index contributed by atoms with van der Waals surface area (Å²) in [5.41, 5.74) is 4.54. The lowest BCUT2D eigenvalue weighted by atomic mass is 9.91. The van der Waals surface area contributed by atoms with Crippen LogP contribution in [0, 0.1) is 0 Å². The third-order valence-electron chi connectivity index (χ3n) is 3.71. The van der Waals surface area contributed by atoms with Crippen molar-refractivity contribution in [3.63, 3.8) is 0 Å². The van der Waals surface area contributed by atoms with E-state index in [1.54, 1.807) is 11.1 Å². The van der Waals surface area contributed by atoms with Gasteiger partial charge in [0.05, 0.1) is 13.2 Å². The molecule has 2 heteroatoms. The van der Waals surface area contributed by atoms with Crippen molar-refractivity contribution in [3.8, 4) is 0 Å². The number of nitrogens with zero attached hydrogens (tertiary/aromatic N) is 1. The predicted molar refractivity (Wildman–Crippen MR) is 66.1 cm³/mol. The van der Waals surface area contributed by atoms with Gasteiger partial charge in [-0.25, -0.2) is 0 Å². The summed E-state index contributed by atoms with van der Waals surface area (Å²) in [6, 6.07) is 7.02. The first-order valence-corrected chi connectivity index (χ1v) is 6.38. The van der Waals surface area contributed by atoms with Gasteiger partial charge in [-0.05, 0) is 48.9 Å². The van der Waals surface area contributed by atoms with Gasteiger partial charge in [0.25, 0.3) is 0 Å². The molecule has 0 unspecified atom stereocenters. The van der Waals surface area contributed by atoms with Crippen LogP contribution in [0.2, 0.25) is 0 Å². The van der Waals surface area contributed by atoms with Crippen LogP contribution in [0.5, 0.6) is 0 Å². The quantitative estimate of drug-likeness (QED) is 0.716. The third-order valence-corrected chi connectivity index (χ3v) is 3.71. The van der Waals surface area contributed by atoms with Crippen LogP contribution in [0.4, 0.5) is 5.69 Å². The molecule has 0 aromatic heterocycles. The summed E-state index contributed by atoms with van der Waals surface area (Å²) in [5.74, 6) is 0. The summed E-state index contributed by atoms with van der Waals surface area (Å²) in [7, 11) is 0. The van der Waals surface area contributed by atoms with Crippen LogP contribution in [0.15, 0.2) is 18.2 Å². The van der Waals surface area contributed by atoms with E-state index in [1.807, 2.05) is 0 Å². The maximum Gasteiger partial charge on any atom is 0.0642 e. The van der Waals surface area contributed by atoms with E-state index in [9.17, 15) is 0 Å². The molecule has 1 aromatic carbocycles. The molecule has 0 N–H and O–H groups in total. The van der Waals surface area contributed by atoms with Crippen molar-refractivity contribution in [1.29, 1.82) is 0 Å². The SMILES string of the molecule is c1cc2c(cc1N1CCOCC1)CCCC2. The van der Waals surface area contributed by atoms with E-state index >= 15 is 0 Å². The smallest absolute Gasteiger partial charge is 0.0642 e. The topological polar surface area (TPSA) is 12.5 Å². The van der Waals surface area contributed by atoms with E-state index in [0.29, 0.717) is 0 Å². The lowest BCUT2D eigenvalue weighted by molar-refractivity contribution is 0.122. The number of ether oxygens (including phenoxy) is 1. The Morgan fingerprint density at radius 1 is 0.938 bits per heavy atom. The molecule has 2 aliphatic rings. The Labute approximate surface area is 97.2 Å². The Kier molecular flexibility index (Phi) is 2.83. The summed E-state index contributed by atoms with van der Waals surface area (Å²) < 4.78 is 5.39. The first kappa shape index (κ1) is 10.2. The zero-order valence-electron chi connectivity index (χ0n) is 9.74. The highest BCUT2D eigenvalue weighted by Crippen LogP contribution is 2.26. The second-order valence-electron chi connectivity index (χ2n) is 4.76. The van der Waals surface area contributed by atoms with Gasteiger partial charge in [-0.2, -0.15) is 0 Å². The average molecular weight is 217 g/mol. The molecule has 1 fully saturated rings. The molecule has 86 valence electrons. The molecule has 0 amide bonds. The monoisotopic (exact) mass is 217 g/mol. The number of hydrogen-bond acceptors (Lipinski definition) is 2. The highest BCUT2D eigenvalue weighted by atomic mass is 16.5. The average Bonchev–Trinajstić information content (AvgIpc) is 2.39. The Morgan fingerprint density at radius 3 is 2.50 bits per heavy atom. The van der Waals surface area contributed by atoms with Gasteiger partial charge in [0.2, 0.25) is 0 Å². The molecular weight excluding hydrogens is 198 g/mol. The fraction of sp³-hybridized carbons (Fsp3) is 0.571. The summed E-state index contributed by atoms with van der Waals surface area (Å²) in [6.45, 7) is 3.83. The van der Waals surface area contributed by atoms with E-state index in [0.717, 1.165) is 26.3 Å². The van der Waals surface area contributed by atoms with Crippen molar-refractivity contribution in [1.82, 2.24) is 0 Å². The van der Waals surface area contributed by atoms with Crippen molar-refractivity contribution in [3.05, 3.63) is 29.3 Å². The predicted octanol–water partition coefficient (Wildman–Crippen LogP) is 2.40. The van der Waals surface area contributed by atoms with Crippen molar-refractivity contribution < 1.29 is 4.74 Å². The second kappa shape index (κ2) is 4.46. The van der Waals surface area contributed by atoms with Gasteiger partial charge >= 0.3 is 0 Å². The highest BCUT2D eigenvalue weighted by molar-refractivity contribution is 5.52. The van der Waals surface area contributed by atoms with E-state index in [1.165, 1.54) is 31.4 Å². The van der Waals surface area contributed by atoms with Gasteiger partial charge < -0.3 is 9.64 Å². The van der Waals surface area contributed by atoms with E-state index in [-0.39, 0.29) is 0 Å². The van der Waals surface area contributed by atoms with Crippen LogP contribution >= 0.6 is 0 Å². The fourth-order valence-corrected chi connectivity index (χ4v) is 2.74. The largest absolute Gasteiger partial charge is 0.378 e. The summed E-state index contributed by atoms with van der Waals surface area (Å²) in [5, 5.41) is 0. The maximum atomic E-state index is 5.39. The number of rotatable bonds is 1. The van der Waals surface area contributed by atoms with Gasteiger partial charge in [-0.1, -0.05) is 6.07 Å². The van der Waals surface area contributed by atoms with Crippen molar-refractivity contribution in [2.75, 3.05) is 31.2 Å². The van der Waals surface area contributed by atoms with Crippen LogP contribution < -0.4 is 4.90 Å². The van der Waals surface area contributed by atoms with Gasteiger partial charge in [0.1, 0.15) is 0 Å². The molecule has 1 heterocycles. The Morgan fingerprint density at radius 2 is 1.69 bits per heavy atom. The number of benzene rings is 1. The molecule has 1 saturated heterocycles. The van der Waals surface area contributed by atoms with Gasteiger partial charge in [-0.15, -0.1) is 0 Å². The van der Waals surface area contributed by atoms with Crippen LogP contribution in [0.3, 0.4) is 0 Å². The van der Waals surface area contributed by atoms with Gasteiger partial charge in [0.15, 0.2) is 0 Å². The van der Waals surface area contributed by atoms with Crippen LogP contribution in [-0.4, -0.2) is 26.3 Å². The molecule has 2 nitrogen and oxygen atoms in total. The van der Waals surface area contributed by atoms with Crippen LogP contribution in [-0.2, 0) is 17.6 Å². The Hall–Kier alpha value is -1.02. The maximum absolute atomic E-state index is 5.39. The summed E-state index contributed by atoms with van der Waals surface area (Å²) in [6.07, 6.45) is 5.27. The lowest BCUT2D eigenvalue weighted by Crippen LogP contribution is -2.36. The second-order valence-corrected chi connectivity index (χ2v) is 4.76. The summed E-state index contributed by atoms with van der Waals surface area (Å²) >= 11 is 0. The van der Waals surface area contributed by atoms with E-state index in [4.69, 9.17) is 4.74 Å². The number of aryl methyl sites for hydroxylation is 2. The normalized spacial score (nSPS) is 20.6. The minimum atomic E-state index is 0.872. The molecule has 0 saturated carbocycles. The number of hydrogen-bond donors (Lipinski definition) is 0. The zero-order chi connectivity index (χ0) is 10.8. The molecular formula is C14H19NO. The molecule has 1 aliphatic carbocycles. The third kappa shape index (κ3) is 1.94. The van der Waals surface area contributed by atoms with Crippen molar-refractivity contribution in [2.45, 2.75) is 25.7 Å². The molecule has 1 aliphatic heterocycles. The molecule has 0 atom stereocenters. The number of morpholine rings is 1. The minimum Gasteiger partial charge on any atom is -0.378 e.